The van der Waals surface area contributed by atoms with E-state index in [-0.39, 0.29) is 18.6 Å². The molecule has 1 amide bonds. The van der Waals surface area contributed by atoms with Crippen LogP contribution in [0.5, 0.6) is 11.5 Å². The molecule has 0 aliphatic carbocycles. The molecule has 26 heavy (non-hydrogen) atoms. The number of methoxy groups -OCH3 is 1. The normalized spacial score (nSPS) is 11.9. The van der Waals surface area contributed by atoms with Crippen molar-refractivity contribution in [2.45, 2.75) is 19.4 Å². The molecule has 1 unspecified atom stereocenters. The van der Waals surface area contributed by atoms with Crippen LogP contribution < -0.4 is 14.8 Å². The number of hydrogen-bond donors (Lipinski definition) is 1. The van der Waals surface area contributed by atoms with Crippen LogP contribution in [0.1, 0.15) is 24.1 Å². The molecule has 0 spiro atoms. The number of carbonyl (C=O) groups is 1. The summed E-state index contributed by atoms with van der Waals surface area (Å²) in [5, 5.41) is 2.96. The fraction of sp³-hybridized carbons (Fsp3) is 0.381. The predicted molar refractivity (Wildman–Crippen MR) is 104 cm³/mol. The van der Waals surface area contributed by atoms with Gasteiger partial charge in [-0.25, -0.2) is 0 Å². The molecule has 0 aliphatic rings. The summed E-state index contributed by atoms with van der Waals surface area (Å²) in [5.74, 6) is 1.44. The highest BCUT2D eigenvalue weighted by atomic mass is 16.5. The molecule has 0 radical (unpaired) electrons. The maximum absolute atomic E-state index is 12.2. The van der Waals surface area contributed by atoms with E-state index in [4.69, 9.17) is 9.47 Å². The molecule has 0 fully saturated rings. The van der Waals surface area contributed by atoms with Crippen LogP contribution in [0.3, 0.4) is 0 Å². The summed E-state index contributed by atoms with van der Waals surface area (Å²) in [6.45, 7) is 2.55. The van der Waals surface area contributed by atoms with Crippen molar-refractivity contribution in [1.29, 1.82) is 0 Å². The Morgan fingerprint density at radius 3 is 2.38 bits per heavy atom. The van der Waals surface area contributed by atoms with E-state index in [1.807, 2.05) is 62.6 Å². The summed E-state index contributed by atoms with van der Waals surface area (Å²) in [6.07, 6.45) is 0.869. The first kappa shape index (κ1) is 19.8. The zero-order valence-electron chi connectivity index (χ0n) is 16.0. The summed E-state index contributed by atoms with van der Waals surface area (Å²) < 4.78 is 11.1. The Labute approximate surface area is 155 Å². The van der Waals surface area contributed by atoms with Crippen molar-refractivity contribution in [3.05, 3.63) is 59.7 Å². The maximum atomic E-state index is 12.2. The van der Waals surface area contributed by atoms with E-state index >= 15 is 0 Å². The number of likely N-dealkylation sites (N-methyl/N-ethyl adjacent to an activating group) is 1. The number of amides is 1. The van der Waals surface area contributed by atoms with Crippen LogP contribution >= 0.6 is 0 Å². The highest BCUT2D eigenvalue weighted by molar-refractivity contribution is 5.77. The molecule has 140 valence electrons. The second-order valence-corrected chi connectivity index (χ2v) is 6.28. The van der Waals surface area contributed by atoms with E-state index in [1.54, 1.807) is 7.11 Å². The van der Waals surface area contributed by atoms with Gasteiger partial charge in [-0.2, -0.15) is 0 Å². The van der Waals surface area contributed by atoms with Gasteiger partial charge in [-0.1, -0.05) is 43.3 Å². The SMILES string of the molecule is CCc1ccccc1OCC(=O)NCC(c1ccccc1OC)N(C)C. The van der Waals surface area contributed by atoms with E-state index < -0.39 is 0 Å². The first-order valence-corrected chi connectivity index (χ1v) is 8.83. The summed E-state index contributed by atoms with van der Waals surface area (Å²) >= 11 is 0. The predicted octanol–water partition coefficient (Wildman–Crippen LogP) is 3.06. The number of para-hydroxylation sites is 2. The van der Waals surface area contributed by atoms with Crippen molar-refractivity contribution in [2.24, 2.45) is 0 Å². The largest absolute Gasteiger partial charge is 0.496 e. The van der Waals surface area contributed by atoms with Crippen LogP contribution in [0.2, 0.25) is 0 Å². The number of ether oxygens (including phenoxy) is 2. The average Bonchev–Trinajstić information content (AvgIpc) is 2.66. The Bertz CT molecular complexity index is 716. The van der Waals surface area contributed by atoms with Crippen molar-refractivity contribution in [3.8, 4) is 11.5 Å². The minimum absolute atomic E-state index is 0.00306. The number of aryl methyl sites for hydroxylation is 1. The molecule has 0 heterocycles. The van der Waals surface area contributed by atoms with Crippen molar-refractivity contribution >= 4 is 5.91 Å². The number of rotatable bonds is 9. The van der Waals surface area contributed by atoms with Gasteiger partial charge in [0.05, 0.1) is 13.2 Å². The minimum atomic E-state index is -0.141. The number of benzene rings is 2. The Morgan fingerprint density at radius 1 is 1.08 bits per heavy atom. The third-order valence-electron chi connectivity index (χ3n) is 4.33. The van der Waals surface area contributed by atoms with Crippen LogP contribution in [-0.2, 0) is 11.2 Å². The lowest BCUT2D eigenvalue weighted by molar-refractivity contribution is -0.123. The lowest BCUT2D eigenvalue weighted by Crippen LogP contribution is -2.37. The smallest absolute Gasteiger partial charge is 0.258 e. The van der Waals surface area contributed by atoms with Crippen molar-refractivity contribution in [3.63, 3.8) is 0 Å². The molecule has 2 aromatic rings. The lowest BCUT2D eigenvalue weighted by Gasteiger charge is -2.26. The first-order valence-electron chi connectivity index (χ1n) is 8.83. The van der Waals surface area contributed by atoms with Gasteiger partial charge in [0.15, 0.2) is 6.61 Å². The Hall–Kier alpha value is -2.53. The molecule has 1 N–H and O–H groups in total. The van der Waals surface area contributed by atoms with Crippen LogP contribution in [0.4, 0.5) is 0 Å². The molecule has 0 aliphatic heterocycles. The maximum Gasteiger partial charge on any atom is 0.258 e. The zero-order chi connectivity index (χ0) is 18.9. The molecule has 2 rings (SSSR count). The highest BCUT2D eigenvalue weighted by Gasteiger charge is 2.19. The third kappa shape index (κ3) is 5.23. The molecule has 0 aromatic heterocycles. The van der Waals surface area contributed by atoms with Gasteiger partial charge in [0.1, 0.15) is 11.5 Å². The molecular formula is C21H28N2O3. The molecule has 1 atom stereocenters. The van der Waals surface area contributed by atoms with Crippen LogP contribution in [-0.4, -0.2) is 45.2 Å². The van der Waals surface area contributed by atoms with E-state index in [2.05, 4.69) is 17.1 Å². The van der Waals surface area contributed by atoms with Crippen LogP contribution in [0.15, 0.2) is 48.5 Å². The van der Waals surface area contributed by atoms with Gasteiger partial charge in [-0.05, 0) is 38.2 Å². The van der Waals surface area contributed by atoms with Gasteiger partial charge in [-0.15, -0.1) is 0 Å². The summed E-state index contributed by atoms with van der Waals surface area (Å²) in [7, 11) is 5.62. The van der Waals surface area contributed by atoms with Crippen molar-refractivity contribution in [2.75, 3.05) is 34.4 Å². The molecule has 2 aromatic carbocycles. The summed E-state index contributed by atoms with van der Waals surface area (Å²) in [5.41, 5.74) is 2.14. The molecule has 0 bridgehead atoms. The highest BCUT2D eigenvalue weighted by Crippen LogP contribution is 2.27. The average molecular weight is 356 g/mol. The van der Waals surface area contributed by atoms with Crippen LogP contribution in [0, 0.1) is 0 Å². The van der Waals surface area contributed by atoms with Gasteiger partial charge < -0.3 is 19.7 Å². The van der Waals surface area contributed by atoms with Gasteiger partial charge >= 0.3 is 0 Å². The van der Waals surface area contributed by atoms with Crippen LogP contribution in [0.25, 0.3) is 0 Å². The zero-order valence-corrected chi connectivity index (χ0v) is 16.0. The number of hydrogen-bond acceptors (Lipinski definition) is 4. The van der Waals surface area contributed by atoms with E-state index in [0.29, 0.717) is 6.54 Å². The fourth-order valence-corrected chi connectivity index (χ4v) is 2.85. The number of nitrogens with zero attached hydrogens (tertiary/aromatic N) is 1. The first-order chi connectivity index (χ1) is 12.6. The molecule has 5 nitrogen and oxygen atoms in total. The standard InChI is InChI=1S/C21H28N2O3/c1-5-16-10-6-8-12-19(16)26-15-21(24)22-14-18(23(2)3)17-11-7-9-13-20(17)25-4/h6-13,18H,5,14-15H2,1-4H3,(H,22,24). The number of carbonyl (C=O) groups excluding carboxylic acids is 1. The molecule has 0 saturated heterocycles. The molecule has 5 heteroatoms. The fourth-order valence-electron chi connectivity index (χ4n) is 2.85. The topological polar surface area (TPSA) is 50.8 Å². The summed E-state index contributed by atoms with van der Waals surface area (Å²) in [6, 6.07) is 15.7. The van der Waals surface area contributed by atoms with E-state index in [1.165, 1.54) is 0 Å². The van der Waals surface area contributed by atoms with Crippen molar-refractivity contribution in [1.82, 2.24) is 10.2 Å². The lowest BCUT2D eigenvalue weighted by atomic mass is 10.0. The molecule has 0 saturated carbocycles. The van der Waals surface area contributed by atoms with Gasteiger partial charge in [0.25, 0.3) is 5.91 Å². The Balaban J connectivity index is 1.95. The van der Waals surface area contributed by atoms with Crippen molar-refractivity contribution < 1.29 is 14.3 Å². The Kier molecular flexibility index (Phi) is 7.48. The van der Waals surface area contributed by atoms with Gasteiger partial charge in [-0.3, -0.25) is 4.79 Å². The summed E-state index contributed by atoms with van der Waals surface area (Å²) in [4.78, 5) is 14.3. The van der Waals surface area contributed by atoms with Gasteiger partial charge in [0.2, 0.25) is 0 Å². The van der Waals surface area contributed by atoms with Gasteiger partial charge in [0, 0.05) is 12.1 Å². The van der Waals surface area contributed by atoms with E-state index in [0.717, 1.165) is 29.0 Å². The monoisotopic (exact) mass is 356 g/mol. The Morgan fingerprint density at radius 2 is 1.73 bits per heavy atom. The second-order valence-electron chi connectivity index (χ2n) is 6.28. The third-order valence-corrected chi connectivity index (χ3v) is 4.33. The van der Waals surface area contributed by atoms with E-state index in [9.17, 15) is 4.79 Å². The quantitative estimate of drug-likeness (QED) is 0.750. The minimum Gasteiger partial charge on any atom is -0.496 e. The number of nitrogens with one attached hydrogen (secondary N) is 1. The second kappa shape index (κ2) is 9.82. The molecular weight excluding hydrogens is 328 g/mol.